The molecule has 5 heteroatoms. The van der Waals surface area contributed by atoms with Crippen molar-refractivity contribution in [3.05, 3.63) is 0 Å². The molecule has 88 valence electrons. The zero-order chi connectivity index (χ0) is 12.3. The molecule has 0 amide bonds. The summed E-state index contributed by atoms with van der Waals surface area (Å²) in [4.78, 5) is 0. The lowest BCUT2D eigenvalue weighted by atomic mass is 9.79. The highest BCUT2D eigenvalue weighted by molar-refractivity contribution is 5.16. The molecule has 0 radical (unpaired) electrons. The Labute approximate surface area is 85.9 Å². The summed E-state index contributed by atoms with van der Waals surface area (Å²) in [6.45, 7) is 3.49. The molecule has 0 spiro atoms. The summed E-state index contributed by atoms with van der Waals surface area (Å²) in [6.07, 6.45) is -3.81. The van der Waals surface area contributed by atoms with Gasteiger partial charge in [0.15, 0.2) is 5.67 Å². The van der Waals surface area contributed by atoms with Gasteiger partial charge in [0.2, 0.25) is 0 Å². The minimum atomic E-state index is -4.72. The fraction of sp³-hybridized carbons (Fsp3) is 0.800. The van der Waals surface area contributed by atoms with Crippen molar-refractivity contribution in [2.45, 2.75) is 39.0 Å². The van der Waals surface area contributed by atoms with Crippen molar-refractivity contribution in [2.75, 3.05) is 0 Å². The van der Waals surface area contributed by atoms with Gasteiger partial charge in [-0.1, -0.05) is 13.8 Å². The summed E-state index contributed by atoms with van der Waals surface area (Å²) < 4.78 is 62.7. The standard InChI is InChI=1S/C10H13F5/c1-4-7(2)9(12,5-6-11)8(3)10(13,14)15/h7-8H,4H2,1-3H3. The van der Waals surface area contributed by atoms with Crippen LogP contribution in [0.25, 0.3) is 0 Å². The molecule has 0 aromatic rings. The van der Waals surface area contributed by atoms with Crippen molar-refractivity contribution in [1.82, 2.24) is 0 Å². The van der Waals surface area contributed by atoms with Crippen LogP contribution in [0.1, 0.15) is 27.2 Å². The SMILES string of the molecule is CCC(C)C(F)(C#CF)C(C)C(F)(F)F. The summed E-state index contributed by atoms with van der Waals surface area (Å²) >= 11 is 0. The minimum Gasteiger partial charge on any atom is -0.229 e. The second kappa shape index (κ2) is 4.82. The van der Waals surface area contributed by atoms with E-state index in [4.69, 9.17) is 0 Å². The molecule has 0 nitrogen and oxygen atoms in total. The molecular formula is C10H13F5. The van der Waals surface area contributed by atoms with Gasteiger partial charge in [-0.05, 0) is 19.3 Å². The second-order valence-corrected chi connectivity index (χ2v) is 3.56. The van der Waals surface area contributed by atoms with Crippen LogP contribution in [-0.2, 0) is 0 Å². The van der Waals surface area contributed by atoms with Crippen LogP contribution in [0.2, 0.25) is 0 Å². The van der Waals surface area contributed by atoms with E-state index < -0.39 is 23.7 Å². The molecule has 0 aliphatic carbocycles. The van der Waals surface area contributed by atoms with Crippen LogP contribution in [0, 0.1) is 23.9 Å². The lowest BCUT2D eigenvalue weighted by molar-refractivity contribution is -0.202. The molecule has 3 unspecified atom stereocenters. The highest BCUT2D eigenvalue weighted by Crippen LogP contribution is 2.41. The second-order valence-electron chi connectivity index (χ2n) is 3.56. The monoisotopic (exact) mass is 228 g/mol. The molecule has 15 heavy (non-hydrogen) atoms. The predicted octanol–water partition coefficient (Wildman–Crippen LogP) is 3.87. The van der Waals surface area contributed by atoms with Crippen molar-refractivity contribution in [2.24, 2.45) is 11.8 Å². The highest BCUT2D eigenvalue weighted by atomic mass is 19.4. The fourth-order valence-electron chi connectivity index (χ4n) is 1.27. The molecule has 0 heterocycles. The predicted molar refractivity (Wildman–Crippen MR) is 47.4 cm³/mol. The third kappa shape index (κ3) is 3.08. The third-order valence-electron chi connectivity index (χ3n) is 2.69. The summed E-state index contributed by atoms with van der Waals surface area (Å²) in [5, 5.41) is 0. The number of alkyl halides is 4. The summed E-state index contributed by atoms with van der Waals surface area (Å²) in [5.74, 6) is -1.86. The van der Waals surface area contributed by atoms with Gasteiger partial charge in [-0.15, -0.1) is 4.39 Å². The lowest BCUT2D eigenvalue weighted by Gasteiger charge is -2.32. The molecule has 0 N–H and O–H groups in total. The van der Waals surface area contributed by atoms with Crippen LogP contribution in [-0.4, -0.2) is 11.8 Å². The van der Waals surface area contributed by atoms with E-state index in [1.54, 1.807) is 0 Å². The zero-order valence-corrected chi connectivity index (χ0v) is 8.75. The van der Waals surface area contributed by atoms with Crippen LogP contribution in [0.4, 0.5) is 22.0 Å². The van der Waals surface area contributed by atoms with Gasteiger partial charge in [0.1, 0.15) is 6.17 Å². The molecule has 0 aliphatic rings. The first-order valence-electron chi connectivity index (χ1n) is 4.58. The van der Waals surface area contributed by atoms with E-state index in [1.165, 1.54) is 19.8 Å². The summed E-state index contributed by atoms with van der Waals surface area (Å²) in [6, 6.07) is 0. The van der Waals surface area contributed by atoms with E-state index in [2.05, 4.69) is 0 Å². The Kier molecular flexibility index (Phi) is 4.57. The van der Waals surface area contributed by atoms with Gasteiger partial charge in [0, 0.05) is 5.92 Å². The maximum atomic E-state index is 13.9. The summed E-state index contributed by atoms with van der Waals surface area (Å²) in [5.41, 5.74) is -2.86. The zero-order valence-electron chi connectivity index (χ0n) is 8.75. The molecule has 0 aliphatic heterocycles. The van der Waals surface area contributed by atoms with Crippen molar-refractivity contribution in [3.8, 4) is 12.1 Å². The molecule has 0 saturated heterocycles. The van der Waals surface area contributed by atoms with Crippen LogP contribution in [0.5, 0.6) is 0 Å². The quantitative estimate of drug-likeness (QED) is 0.508. The van der Waals surface area contributed by atoms with Crippen molar-refractivity contribution in [1.29, 1.82) is 0 Å². The van der Waals surface area contributed by atoms with Crippen LogP contribution < -0.4 is 0 Å². The maximum absolute atomic E-state index is 13.9. The normalized spacial score (nSPS) is 19.7. The van der Waals surface area contributed by atoms with E-state index in [-0.39, 0.29) is 6.42 Å². The molecule has 3 atom stereocenters. The van der Waals surface area contributed by atoms with Gasteiger partial charge in [-0.2, -0.15) is 13.2 Å². The third-order valence-corrected chi connectivity index (χ3v) is 2.69. The Hall–Kier alpha value is -0.790. The number of rotatable bonds is 3. The maximum Gasteiger partial charge on any atom is 0.395 e. The smallest absolute Gasteiger partial charge is 0.229 e. The van der Waals surface area contributed by atoms with Gasteiger partial charge in [0.25, 0.3) is 0 Å². The average Bonchev–Trinajstić information content (AvgIpc) is 2.14. The summed E-state index contributed by atoms with van der Waals surface area (Å²) in [7, 11) is 0. The van der Waals surface area contributed by atoms with E-state index in [1.807, 2.05) is 0 Å². The Bertz CT molecular complexity index is 259. The van der Waals surface area contributed by atoms with Crippen LogP contribution in [0.3, 0.4) is 0 Å². The van der Waals surface area contributed by atoms with E-state index in [0.717, 1.165) is 6.17 Å². The van der Waals surface area contributed by atoms with E-state index >= 15 is 0 Å². The van der Waals surface area contributed by atoms with Crippen molar-refractivity contribution >= 4 is 0 Å². The number of hydrogen-bond donors (Lipinski definition) is 0. The molecule has 0 aromatic carbocycles. The number of hydrogen-bond acceptors (Lipinski definition) is 0. The van der Waals surface area contributed by atoms with Crippen LogP contribution in [0.15, 0.2) is 0 Å². The molecule has 0 bridgehead atoms. The van der Waals surface area contributed by atoms with Crippen LogP contribution >= 0.6 is 0 Å². The largest absolute Gasteiger partial charge is 0.395 e. The first-order valence-corrected chi connectivity index (χ1v) is 4.58. The van der Waals surface area contributed by atoms with E-state index in [0.29, 0.717) is 6.92 Å². The van der Waals surface area contributed by atoms with Gasteiger partial charge < -0.3 is 0 Å². The topological polar surface area (TPSA) is 0 Å². The molecule has 0 rings (SSSR count). The Morgan fingerprint density at radius 1 is 1.13 bits per heavy atom. The molecule has 0 saturated carbocycles. The first-order chi connectivity index (χ1) is 6.70. The van der Waals surface area contributed by atoms with Crippen molar-refractivity contribution < 1.29 is 22.0 Å². The Morgan fingerprint density at radius 2 is 1.60 bits per heavy atom. The average molecular weight is 228 g/mol. The minimum absolute atomic E-state index is 0.158. The van der Waals surface area contributed by atoms with Gasteiger partial charge in [-0.25, -0.2) is 4.39 Å². The van der Waals surface area contributed by atoms with Gasteiger partial charge >= 0.3 is 6.18 Å². The number of halogens is 5. The van der Waals surface area contributed by atoms with Gasteiger partial charge in [0.05, 0.1) is 5.92 Å². The van der Waals surface area contributed by atoms with E-state index in [9.17, 15) is 22.0 Å². The van der Waals surface area contributed by atoms with Gasteiger partial charge in [-0.3, -0.25) is 0 Å². The highest BCUT2D eigenvalue weighted by Gasteiger charge is 2.53. The fourth-order valence-corrected chi connectivity index (χ4v) is 1.27. The first kappa shape index (κ1) is 14.2. The Balaban J connectivity index is 5.18. The molecule has 0 fully saturated rings. The molecular weight excluding hydrogens is 215 g/mol. The Morgan fingerprint density at radius 3 is 1.87 bits per heavy atom. The van der Waals surface area contributed by atoms with Crippen molar-refractivity contribution in [3.63, 3.8) is 0 Å². The molecule has 0 aromatic heterocycles. The lowest BCUT2D eigenvalue weighted by Crippen LogP contribution is -2.44.